The Morgan fingerprint density at radius 1 is 0.824 bits per heavy atom. The molecule has 2 aliphatic rings. The van der Waals surface area contributed by atoms with E-state index in [1.165, 1.54) is 28.0 Å². The Labute approximate surface area is 305 Å². The number of hydrogen-bond donors (Lipinski definition) is 0. The topological polar surface area (TPSA) is 96.6 Å². The molecule has 5 aromatic carbocycles. The number of thioether (sulfide) groups is 1. The number of carbonyl (C=O) groups excluding carboxylic acids is 2. The standard InChI is InChI=1S/C40H27ClN4O4S2/c1-22-18-28-32(19-23(22)2)49-35-33(34(28)46)40(29-15-6-8-17-31(29)44(37(40)48)20-25-11-4-7-16-30(25)41)45(36(35)47)38-42-43-39(51-38)50-21-26-13-9-12-24-10-3-5-14-27(24)26/h3-19H,20-21H2,1-2H3. The summed E-state index contributed by atoms with van der Waals surface area (Å²) in [6.07, 6.45) is 0. The Hall–Kier alpha value is -5.29. The Morgan fingerprint density at radius 2 is 1.55 bits per heavy atom. The van der Waals surface area contributed by atoms with Crippen LogP contribution in [0.3, 0.4) is 0 Å². The Balaban J connectivity index is 1.22. The van der Waals surface area contributed by atoms with Crippen LogP contribution < -0.4 is 15.2 Å². The van der Waals surface area contributed by atoms with Crippen molar-refractivity contribution < 1.29 is 14.0 Å². The van der Waals surface area contributed by atoms with Crippen molar-refractivity contribution in [2.24, 2.45) is 0 Å². The lowest BCUT2D eigenvalue weighted by atomic mass is 9.84. The predicted molar refractivity (Wildman–Crippen MR) is 202 cm³/mol. The quantitative estimate of drug-likeness (QED) is 0.125. The summed E-state index contributed by atoms with van der Waals surface area (Å²) in [6, 6.07) is 32.5. The lowest BCUT2D eigenvalue weighted by Crippen LogP contribution is -2.53. The van der Waals surface area contributed by atoms with Crippen LogP contribution in [0.25, 0.3) is 21.7 Å². The number of rotatable bonds is 6. The SMILES string of the molecule is Cc1cc2oc3c(c(=O)c2cc1C)C1(C(=O)N(Cc2ccccc2Cl)c2ccccc21)N(c1nnc(SCc2cccc4ccccc24)s1)C3=O. The summed E-state index contributed by atoms with van der Waals surface area (Å²) in [5.41, 5.74) is 2.61. The molecule has 0 radical (unpaired) electrons. The predicted octanol–water partition coefficient (Wildman–Crippen LogP) is 8.81. The zero-order chi connectivity index (χ0) is 35.0. The van der Waals surface area contributed by atoms with Gasteiger partial charge in [-0.25, -0.2) is 0 Å². The molecule has 0 saturated heterocycles. The molecule has 2 amide bonds. The third-order valence-corrected chi connectivity index (χ3v) is 12.3. The van der Waals surface area contributed by atoms with Crippen molar-refractivity contribution in [3.63, 3.8) is 0 Å². The maximum Gasteiger partial charge on any atom is 0.297 e. The molecule has 4 heterocycles. The number of nitrogens with zero attached hydrogens (tertiary/aromatic N) is 4. The second kappa shape index (κ2) is 11.9. The van der Waals surface area contributed by atoms with Crippen LogP contribution in [-0.4, -0.2) is 22.0 Å². The van der Waals surface area contributed by atoms with E-state index in [1.807, 2.05) is 62.4 Å². The molecule has 2 aliphatic heterocycles. The third-order valence-electron chi connectivity index (χ3n) is 9.84. The second-order valence-electron chi connectivity index (χ2n) is 12.7. The van der Waals surface area contributed by atoms with Crippen molar-refractivity contribution in [3.8, 4) is 0 Å². The average Bonchev–Trinajstić information content (AvgIpc) is 3.78. The van der Waals surface area contributed by atoms with Crippen LogP contribution in [-0.2, 0) is 22.6 Å². The van der Waals surface area contributed by atoms with E-state index in [-0.39, 0.29) is 28.6 Å². The summed E-state index contributed by atoms with van der Waals surface area (Å²) >= 11 is 9.29. The molecule has 0 fully saturated rings. The smallest absolute Gasteiger partial charge is 0.297 e. The first kappa shape index (κ1) is 31.7. The van der Waals surface area contributed by atoms with Gasteiger partial charge >= 0.3 is 0 Å². The molecule has 9 rings (SSSR count). The van der Waals surface area contributed by atoms with E-state index in [1.54, 1.807) is 35.2 Å². The van der Waals surface area contributed by atoms with E-state index < -0.39 is 22.8 Å². The molecular formula is C40H27ClN4O4S2. The van der Waals surface area contributed by atoms with Gasteiger partial charge in [0.2, 0.25) is 10.9 Å². The Bertz CT molecular complexity index is 2670. The number of fused-ring (bicyclic) bond motifs is 6. The molecule has 8 nitrogen and oxygen atoms in total. The van der Waals surface area contributed by atoms with Gasteiger partial charge in [-0.05, 0) is 71.1 Å². The van der Waals surface area contributed by atoms with Crippen LogP contribution >= 0.6 is 34.7 Å². The van der Waals surface area contributed by atoms with Crippen LogP contribution in [0.1, 0.15) is 43.9 Å². The lowest BCUT2D eigenvalue weighted by Gasteiger charge is -2.32. The largest absolute Gasteiger partial charge is 0.450 e. The van der Waals surface area contributed by atoms with Gasteiger partial charge < -0.3 is 9.32 Å². The van der Waals surface area contributed by atoms with E-state index in [9.17, 15) is 9.59 Å². The highest BCUT2D eigenvalue weighted by Crippen LogP contribution is 2.55. The Morgan fingerprint density at radius 3 is 2.41 bits per heavy atom. The number of halogens is 1. The van der Waals surface area contributed by atoms with E-state index in [0.717, 1.165) is 33.0 Å². The molecule has 51 heavy (non-hydrogen) atoms. The highest BCUT2D eigenvalue weighted by molar-refractivity contribution is 8.00. The van der Waals surface area contributed by atoms with Gasteiger partial charge in [0.25, 0.3) is 11.8 Å². The number of amides is 2. The third kappa shape index (κ3) is 4.70. The van der Waals surface area contributed by atoms with Crippen molar-refractivity contribution in [1.82, 2.24) is 10.2 Å². The van der Waals surface area contributed by atoms with E-state index in [0.29, 0.717) is 31.8 Å². The van der Waals surface area contributed by atoms with Gasteiger partial charge in [-0.1, -0.05) is 114 Å². The molecule has 1 spiro atoms. The van der Waals surface area contributed by atoms with Gasteiger partial charge in [-0.2, -0.15) is 0 Å². The molecule has 1 atom stereocenters. The van der Waals surface area contributed by atoms with Gasteiger partial charge in [0, 0.05) is 16.3 Å². The van der Waals surface area contributed by atoms with Crippen LogP contribution in [0, 0.1) is 13.8 Å². The van der Waals surface area contributed by atoms with Crippen LogP contribution in [0.5, 0.6) is 0 Å². The number of aryl methyl sites for hydroxylation is 2. The monoisotopic (exact) mass is 726 g/mol. The van der Waals surface area contributed by atoms with Gasteiger partial charge in [0.15, 0.2) is 15.3 Å². The van der Waals surface area contributed by atoms with Gasteiger partial charge in [0.05, 0.1) is 23.2 Å². The highest BCUT2D eigenvalue weighted by atomic mass is 35.5. The fourth-order valence-electron chi connectivity index (χ4n) is 7.28. The summed E-state index contributed by atoms with van der Waals surface area (Å²) < 4.78 is 6.94. The normalized spacial score (nSPS) is 16.5. The lowest BCUT2D eigenvalue weighted by molar-refractivity contribution is -0.121. The summed E-state index contributed by atoms with van der Waals surface area (Å²) in [6.45, 7) is 3.95. The van der Waals surface area contributed by atoms with Crippen LogP contribution in [0.4, 0.5) is 10.8 Å². The molecule has 0 N–H and O–H groups in total. The zero-order valence-corrected chi connectivity index (χ0v) is 29.7. The summed E-state index contributed by atoms with van der Waals surface area (Å²) in [5.74, 6) is -0.677. The fraction of sp³-hybridized carbons (Fsp3) is 0.125. The minimum atomic E-state index is -1.89. The molecular weight excluding hydrogens is 700 g/mol. The zero-order valence-electron chi connectivity index (χ0n) is 27.3. The van der Waals surface area contributed by atoms with E-state index in [4.69, 9.17) is 16.0 Å². The first-order chi connectivity index (χ1) is 24.8. The highest BCUT2D eigenvalue weighted by Gasteiger charge is 2.66. The molecule has 0 saturated carbocycles. The van der Waals surface area contributed by atoms with Crippen molar-refractivity contribution in [2.75, 3.05) is 9.80 Å². The number of para-hydroxylation sites is 1. The summed E-state index contributed by atoms with van der Waals surface area (Å²) in [5, 5.41) is 12.2. The summed E-state index contributed by atoms with van der Waals surface area (Å²) in [4.78, 5) is 47.7. The van der Waals surface area contributed by atoms with E-state index in [2.05, 4.69) is 34.5 Å². The molecule has 11 heteroatoms. The molecule has 7 aromatic rings. The summed E-state index contributed by atoms with van der Waals surface area (Å²) in [7, 11) is 0. The maximum absolute atomic E-state index is 15.3. The average molecular weight is 727 g/mol. The van der Waals surface area contributed by atoms with Crippen molar-refractivity contribution in [1.29, 1.82) is 0 Å². The molecule has 1 unspecified atom stereocenters. The van der Waals surface area contributed by atoms with Crippen molar-refractivity contribution in [2.45, 2.75) is 36.0 Å². The van der Waals surface area contributed by atoms with Gasteiger partial charge in [-0.15, -0.1) is 10.2 Å². The van der Waals surface area contributed by atoms with E-state index >= 15 is 4.79 Å². The van der Waals surface area contributed by atoms with Gasteiger partial charge in [-0.3, -0.25) is 19.3 Å². The van der Waals surface area contributed by atoms with Gasteiger partial charge in [0.1, 0.15) is 5.58 Å². The Kier molecular flexibility index (Phi) is 7.39. The van der Waals surface area contributed by atoms with Crippen LogP contribution in [0.15, 0.2) is 117 Å². The number of anilines is 2. The number of benzene rings is 5. The molecule has 250 valence electrons. The minimum absolute atomic E-state index is 0.0254. The van der Waals surface area contributed by atoms with Crippen molar-refractivity contribution in [3.05, 3.63) is 158 Å². The minimum Gasteiger partial charge on any atom is -0.450 e. The fourth-order valence-corrected chi connectivity index (χ4v) is 9.37. The second-order valence-corrected chi connectivity index (χ2v) is 15.3. The number of hydrogen-bond acceptors (Lipinski definition) is 8. The first-order valence-electron chi connectivity index (χ1n) is 16.3. The number of aromatic nitrogens is 2. The number of carbonyl (C=O) groups is 2. The van der Waals surface area contributed by atoms with Crippen molar-refractivity contribution >= 4 is 79.1 Å². The first-order valence-corrected chi connectivity index (χ1v) is 18.5. The molecule has 2 aromatic heterocycles. The van der Waals surface area contributed by atoms with Crippen LogP contribution in [0.2, 0.25) is 5.02 Å². The molecule has 0 bridgehead atoms. The molecule has 0 aliphatic carbocycles. The maximum atomic E-state index is 15.3.